The van der Waals surface area contributed by atoms with Crippen LogP contribution < -0.4 is 5.32 Å². The number of amides is 1. The van der Waals surface area contributed by atoms with Gasteiger partial charge < -0.3 is 9.84 Å². The first-order valence-electron chi connectivity index (χ1n) is 4.69. The lowest BCUT2D eigenvalue weighted by atomic mass is 10.00. The summed E-state index contributed by atoms with van der Waals surface area (Å²) < 4.78 is 5.05. The molecular weight excluding hydrogens is 180 g/mol. The van der Waals surface area contributed by atoms with Crippen LogP contribution in [0.15, 0.2) is 4.52 Å². The monoisotopic (exact) mass is 196 g/mol. The fourth-order valence-electron chi connectivity index (χ4n) is 1.37. The van der Waals surface area contributed by atoms with Gasteiger partial charge in [-0.1, -0.05) is 12.1 Å². The zero-order chi connectivity index (χ0) is 10.7. The lowest BCUT2D eigenvalue weighted by Gasteiger charge is -2.07. The highest BCUT2D eigenvalue weighted by Crippen LogP contribution is 2.23. The molecule has 1 N–H and O–H groups in total. The predicted molar refractivity (Wildman–Crippen MR) is 53.1 cm³/mol. The fraction of sp³-hybridized carbons (Fsp3) is 0.600. The van der Waals surface area contributed by atoms with E-state index in [1.807, 2.05) is 20.8 Å². The molecule has 0 bridgehead atoms. The number of carbonyl (C=O) groups excluding carboxylic acids is 1. The van der Waals surface area contributed by atoms with Crippen molar-refractivity contribution in [3.8, 4) is 0 Å². The Hall–Kier alpha value is -1.32. The molecule has 1 aromatic rings. The van der Waals surface area contributed by atoms with Gasteiger partial charge in [-0.05, 0) is 13.8 Å². The van der Waals surface area contributed by atoms with Crippen molar-refractivity contribution < 1.29 is 9.32 Å². The largest absolute Gasteiger partial charge is 0.361 e. The number of nitrogens with zero attached hydrogens (tertiary/aromatic N) is 1. The Morgan fingerprint density at radius 3 is 2.64 bits per heavy atom. The Morgan fingerprint density at radius 1 is 1.57 bits per heavy atom. The van der Waals surface area contributed by atoms with E-state index >= 15 is 0 Å². The van der Waals surface area contributed by atoms with E-state index in [1.54, 1.807) is 7.05 Å². The van der Waals surface area contributed by atoms with E-state index in [9.17, 15) is 4.79 Å². The van der Waals surface area contributed by atoms with E-state index in [-0.39, 0.29) is 11.8 Å². The molecule has 1 atom stereocenters. The molecule has 14 heavy (non-hydrogen) atoms. The number of aromatic nitrogens is 1. The first kappa shape index (κ1) is 10.8. The zero-order valence-electron chi connectivity index (χ0n) is 9.05. The number of hydrogen-bond donors (Lipinski definition) is 1. The van der Waals surface area contributed by atoms with Crippen LogP contribution in [0.5, 0.6) is 0 Å². The second-order valence-electron chi connectivity index (χ2n) is 3.53. The van der Waals surface area contributed by atoms with Gasteiger partial charge in [-0.15, -0.1) is 0 Å². The summed E-state index contributed by atoms with van der Waals surface area (Å²) in [5.41, 5.74) is 1.92. The summed E-state index contributed by atoms with van der Waals surface area (Å²) in [7, 11) is 1.63. The lowest BCUT2D eigenvalue weighted by molar-refractivity contribution is -0.120. The third kappa shape index (κ3) is 2.13. The number of carbonyl (C=O) groups is 1. The summed E-state index contributed by atoms with van der Waals surface area (Å²) in [6.07, 6.45) is 0.448. The molecule has 0 aliphatic carbocycles. The summed E-state index contributed by atoms with van der Waals surface area (Å²) in [5.74, 6) is 0.953. The van der Waals surface area contributed by atoms with Crippen LogP contribution in [0.3, 0.4) is 0 Å². The standard InChI is InChI=1S/C10H16N2O2/c1-6(5-9(13)11-4)10-7(2)8(3)14-12-10/h6H,5H2,1-4H3,(H,11,13). The molecule has 0 saturated carbocycles. The van der Waals surface area contributed by atoms with Gasteiger partial charge in [0.1, 0.15) is 5.76 Å². The molecule has 0 aliphatic heterocycles. The molecule has 1 aromatic heterocycles. The van der Waals surface area contributed by atoms with Crippen LogP contribution in [-0.2, 0) is 4.79 Å². The maximum Gasteiger partial charge on any atom is 0.220 e. The molecule has 4 heteroatoms. The van der Waals surface area contributed by atoms with Gasteiger partial charge in [0.2, 0.25) is 5.91 Å². The molecular formula is C10H16N2O2. The topological polar surface area (TPSA) is 55.1 Å². The normalized spacial score (nSPS) is 12.6. The fourth-order valence-corrected chi connectivity index (χ4v) is 1.37. The minimum absolute atomic E-state index is 0.0255. The highest BCUT2D eigenvalue weighted by Gasteiger charge is 2.17. The second-order valence-corrected chi connectivity index (χ2v) is 3.53. The van der Waals surface area contributed by atoms with Gasteiger partial charge in [0.15, 0.2) is 0 Å². The van der Waals surface area contributed by atoms with E-state index in [4.69, 9.17) is 4.52 Å². The lowest BCUT2D eigenvalue weighted by Crippen LogP contribution is -2.19. The van der Waals surface area contributed by atoms with Crippen molar-refractivity contribution in [2.75, 3.05) is 7.05 Å². The summed E-state index contributed by atoms with van der Waals surface area (Å²) in [6, 6.07) is 0. The van der Waals surface area contributed by atoms with Gasteiger partial charge in [0, 0.05) is 24.9 Å². The predicted octanol–water partition coefficient (Wildman–Crippen LogP) is 1.53. The molecule has 1 heterocycles. The van der Waals surface area contributed by atoms with Crippen LogP contribution in [0.2, 0.25) is 0 Å². The molecule has 0 aromatic carbocycles. The Balaban J connectivity index is 2.74. The smallest absolute Gasteiger partial charge is 0.220 e. The SMILES string of the molecule is CNC(=O)CC(C)c1noc(C)c1C. The van der Waals surface area contributed by atoms with Gasteiger partial charge in [-0.3, -0.25) is 4.79 Å². The number of aryl methyl sites for hydroxylation is 1. The van der Waals surface area contributed by atoms with Crippen molar-refractivity contribution in [2.45, 2.75) is 33.1 Å². The van der Waals surface area contributed by atoms with Crippen molar-refractivity contribution >= 4 is 5.91 Å². The average molecular weight is 196 g/mol. The van der Waals surface area contributed by atoms with Gasteiger partial charge in [0.05, 0.1) is 5.69 Å². The zero-order valence-corrected chi connectivity index (χ0v) is 9.05. The molecule has 4 nitrogen and oxygen atoms in total. The molecule has 0 saturated heterocycles. The third-order valence-corrected chi connectivity index (χ3v) is 2.43. The molecule has 0 radical (unpaired) electrons. The van der Waals surface area contributed by atoms with E-state index < -0.39 is 0 Å². The molecule has 1 amide bonds. The molecule has 0 aliphatic rings. The van der Waals surface area contributed by atoms with Crippen molar-refractivity contribution in [3.05, 3.63) is 17.0 Å². The minimum atomic E-state index is 0.0255. The molecule has 1 unspecified atom stereocenters. The Bertz CT molecular complexity index is 331. The summed E-state index contributed by atoms with van der Waals surface area (Å²) >= 11 is 0. The highest BCUT2D eigenvalue weighted by molar-refractivity contribution is 5.76. The third-order valence-electron chi connectivity index (χ3n) is 2.43. The first-order chi connectivity index (χ1) is 6.56. The second kappa shape index (κ2) is 4.26. The summed E-state index contributed by atoms with van der Waals surface area (Å²) in [4.78, 5) is 11.1. The quantitative estimate of drug-likeness (QED) is 0.797. The van der Waals surface area contributed by atoms with E-state index in [0.717, 1.165) is 17.0 Å². The van der Waals surface area contributed by atoms with Crippen molar-refractivity contribution in [3.63, 3.8) is 0 Å². The minimum Gasteiger partial charge on any atom is -0.361 e. The van der Waals surface area contributed by atoms with Crippen molar-refractivity contribution in [2.24, 2.45) is 0 Å². The van der Waals surface area contributed by atoms with Crippen LogP contribution in [-0.4, -0.2) is 18.1 Å². The van der Waals surface area contributed by atoms with E-state index in [2.05, 4.69) is 10.5 Å². The maximum absolute atomic E-state index is 11.1. The molecule has 0 fully saturated rings. The van der Waals surface area contributed by atoms with E-state index in [0.29, 0.717) is 6.42 Å². The summed E-state index contributed by atoms with van der Waals surface area (Å²) in [6.45, 7) is 5.81. The Morgan fingerprint density at radius 2 is 2.21 bits per heavy atom. The van der Waals surface area contributed by atoms with Crippen molar-refractivity contribution in [1.29, 1.82) is 0 Å². The number of rotatable bonds is 3. The van der Waals surface area contributed by atoms with Crippen LogP contribution in [0.4, 0.5) is 0 Å². The first-order valence-corrected chi connectivity index (χ1v) is 4.69. The van der Waals surface area contributed by atoms with Crippen LogP contribution in [0, 0.1) is 13.8 Å². The highest BCUT2D eigenvalue weighted by atomic mass is 16.5. The number of hydrogen-bond acceptors (Lipinski definition) is 3. The number of nitrogens with one attached hydrogen (secondary N) is 1. The van der Waals surface area contributed by atoms with Crippen LogP contribution in [0.1, 0.15) is 36.3 Å². The molecule has 1 rings (SSSR count). The molecule has 0 spiro atoms. The van der Waals surface area contributed by atoms with Gasteiger partial charge >= 0.3 is 0 Å². The Labute approximate surface area is 83.7 Å². The van der Waals surface area contributed by atoms with Gasteiger partial charge in [-0.2, -0.15) is 0 Å². The Kier molecular flexibility index (Phi) is 3.28. The van der Waals surface area contributed by atoms with Crippen molar-refractivity contribution in [1.82, 2.24) is 10.5 Å². The van der Waals surface area contributed by atoms with Gasteiger partial charge in [0.25, 0.3) is 0 Å². The van der Waals surface area contributed by atoms with Crippen LogP contribution in [0.25, 0.3) is 0 Å². The van der Waals surface area contributed by atoms with Gasteiger partial charge in [-0.25, -0.2) is 0 Å². The summed E-state index contributed by atoms with van der Waals surface area (Å²) in [5, 5.41) is 6.54. The van der Waals surface area contributed by atoms with Crippen LogP contribution >= 0.6 is 0 Å². The molecule has 78 valence electrons. The average Bonchev–Trinajstić information content (AvgIpc) is 2.47. The van der Waals surface area contributed by atoms with E-state index in [1.165, 1.54) is 0 Å². The maximum atomic E-state index is 11.1.